The molecule has 6 heteroatoms. The minimum atomic E-state index is -0.165. The molecular formula is C14H16N2O3S. The Morgan fingerprint density at radius 2 is 2.45 bits per heavy atom. The van der Waals surface area contributed by atoms with Crippen LogP contribution in [0.3, 0.4) is 0 Å². The molecule has 0 bridgehead atoms. The first-order valence-corrected chi connectivity index (χ1v) is 7.55. The second-order valence-corrected chi connectivity index (χ2v) is 5.84. The molecule has 106 valence electrons. The van der Waals surface area contributed by atoms with Crippen molar-refractivity contribution >= 4 is 17.2 Å². The Balaban J connectivity index is 1.67. The van der Waals surface area contributed by atoms with Crippen LogP contribution in [0, 0.1) is 5.92 Å². The number of carbonyl (C=O) groups excluding carboxylic acids is 1. The van der Waals surface area contributed by atoms with Gasteiger partial charge in [-0.1, -0.05) is 0 Å². The van der Waals surface area contributed by atoms with Crippen molar-refractivity contribution in [1.82, 2.24) is 10.3 Å². The molecule has 1 saturated carbocycles. The fourth-order valence-electron chi connectivity index (χ4n) is 2.20. The highest BCUT2D eigenvalue weighted by Crippen LogP contribution is 2.34. The van der Waals surface area contributed by atoms with E-state index in [1.165, 1.54) is 11.3 Å². The van der Waals surface area contributed by atoms with Crippen LogP contribution in [0.4, 0.5) is 0 Å². The molecule has 0 radical (unpaired) electrons. The molecule has 0 aromatic carbocycles. The zero-order valence-corrected chi connectivity index (χ0v) is 11.7. The number of hydrogen-bond acceptors (Lipinski definition) is 5. The molecule has 1 amide bonds. The van der Waals surface area contributed by atoms with Gasteiger partial charge in [0.05, 0.1) is 6.26 Å². The number of furan rings is 1. The van der Waals surface area contributed by atoms with Gasteiger partial charge in [-0.05, 0) is 31.2 Å². The van der Waals surface area contributed by atoms with E-state index in [0.717, 1.165) is 23.4 Å². The van der Waals surface area contributed by atoms with Crippen molar-refractivity contribution in [3.8, 4) is 10.6 Å². The largest absolute Gasteiger partial charge is 0.472 e. The molecule has 0 aliphatic heterocycles. The number of amides is 1. The van der Waals surface area contributed by atoms with Crippen molar-refractivity contribution in [3.05, 3.63) is 29.7 Å². The van der Waals surface area contributed by atoms with E-state index in [4.69, 9.17) is 9.52 Å². The fraction of sp³-hybridized carbons (Fsp3) is 0.429. The van der Waals surface area contributed by atoms with E-state index in [1.807, 2.05) is 6.07 Å². The maximum Gasteiger partial charge on any atom is 0.271 e. The average molecular weight is 292 g/mol. The molecule has 2 aromatic heterocycles. The summed E-state index contributed by atoms with van der Waals surface area (Å²) in [4.78, 5) is 16.5. The first-order chi connectivity index (χ1) is 9.78. The van der Waals surface area contributed by atoms with Crippen molar-refractivity contribution in [2.45, 2.75) is 25.3 Å². The maximum atomic E-state index is 12.2. The van der Waals surface area contributed by atoms with Crippen molar-refractivity contribution in [1.29, 1.82) is 0 Å². The van der Waals surface area contributed by atoms with Crippen molar-refractivity contribution in [2.75, 3.05) is 6.61 Å². The lowest BCUT2D eigenvalue weighted by Gasteiger charge is -2.16. The third kappa shape index (κ3) is 2.91. The molecule has 3 rings (SSSR count). The predicted molar refractivity (Wildman–Crippen MR) is 75.5 cm³/mol. The summed E-state index contributed by atoms with van der Waals surface area (Å²) in [5.74, 6) is 0.347. The highest BCUT2D eigenvalue weighted by molar-refractivity contribution is 7.13. The van der Waals surface area contributed by atoms with Crippen LogP contribution in [0.2, 0.25) is 0 Å². The number of aromatic nitrogens is 1. The van der Waals surface area contributed by atoms with Crippen molar-refractivity contribution in [3.63, 3.8) is 0 Å². The third-order valence-electron chi connectivity index (χ3n) is 3.45. The first-order valence-electron chi connectivity index (χ1n) is 6.67. The number of thiazole rings is 1. The van der Waals surface area contributed by atoms with Gasteiger partial charge in [0.25, 0.3) is 5.91 Å². The Bertz CT molecular complexity index is 575. The predicted octanol–water partition coefficient (Wildman–Crippen LogP) is 2.29. The van der Waals surface area contributed by atoms with Gasteiger partial charge >= 0.3 is 0 Å². The Hall–Kier alpha value is -1.66. The van der Waals surface area contributed by atoms with Gasteiger partial charge < -0.3 is 14.8 Å². The average Bonchev–Trinajstić information content (AvgIpc) is 2.94. The van der Waals surface area contributed by atoms with Crippen LogP contribution < -0.4 is 5.32 Å². The van der Waals surface area contributed by atoms with Gasteiger partial charge in [0.15, 0.2) is 0 Å². The van der Waals surface area contributed by atoms with E-state index in [-0.39, 0.29) is 18.6 Å². The number of hydrogen-bond donors (Lipinski definition) is 2. The molecule has 1 fully saturated rings. The van der Waals surface area contributed by atoms with E-state index in [2.05, 4.69) is 10.3 Å². The van der Waals surface area contributed by atoms with Crippen LogP contribution in [0.5, 0.6) is 0 Å². The van der Waals surface area contributed by atoms with Gasteiger partial charge in [-0.25, -0.2) is 4.98 Å². The minimum Gasteiger partial charge on any atom is -0.472 e. The Kier molecular flexibility index (Phi) is 3.84. The van der Waals surface area contributed by atoms with Crippen LogP contribution in [-0.4, -0.2) is 28.6 Å². The second kappa shape index (κ2) is 5.76. The van der Waals surface area contributed by atoms with E-state index >= 15 is 0 Å². The SMILES string of the molecule is O=C(NC(CCO)C1CC1)c1csc(-c2ccoc2)n1. The number of aliphatic hydroxyl groups excluding tert-OH is 1. The molecule has 20 heavy (non-hydrogen) atoms. The van der Waals surface area contributed by atoms with E-state index in [9.17, 15) is 4.79 Å². The third-order valence-corrected chi connectivity index (χ3v) is 4.34. The van der Waals surface area contributed by atoms with Crippen LogP contribution in [0.1, 0.15) is 29.8 Å². The monoisotopic (exact) mass is 292 g/mol. The zero-order chi connectivity index (χ0) is 13.9. The smallest absolute Gasteiger partial charge is 0.271 e. The molecule has 1 unspecified atom stereocenters. The van der Waals surface area contributed by atoms with Crippen LogP contribution >= 0.6 is 11.3 Å². The normalized spacial score (nSPS) is 16.1. The summed E-state index contributed by atoms with van der Waals surface area (Å²) < 4.78 is 5.01. The molecule has 2 heterocycles. The molecular weight excluding hydrogens is 276 g/mol. The van der Waals surface area contributed by atoms with E-state index < -0.39 is 0 Å². The van der Waals surface area contributed by atoms with E-state index in [1.54, 1.807) is 17.9 Å². The van der Waals surface area contributed by atoms with Crippen LogP contribution in [-0.2, 0) is 0 Å². The van der Waals surface area contributed by atoms with Crippen molar-refractivity contribution in [2.24, 2.45) is 5.92 Å². The number of nitrogens with zero attached hydrogens (tertiary/aromatic N) is 1. The topological polar surface area (TPSA) is 75.4 Å². The standard InChI is InChI=1S/C14H16N2O3S/c17-5-3-11(9-1-2-9)15-13(18)12-8-20-14(16-12)10-4-6-19-7-10/h4,6-9,11,17H,1-3,5H2,(H,15,18). The van der Waals surface area contributed by atoms with Gasteiger partial charge in [0.2, 0.25) is 0 Å². The lowest BCUT2D eigenvalue weighted by atomic mass is 10.1. The lowest BCUT2D eigenvalue weighted by molar-refractivity contribution is 0.0920. The summed E-state index contributed by atoms with van der Waals surface area (Å²) in [6, 6.07) is 1.88. The van der Waals surface area contributed by atoms with Gasteiger partial charge in [0, 0.05) is 23.6 Å². The molecule has 1 aliphatic carbocycles. The lowest BCUT2D eigenvalue weighted by Crippen LogP contribution is -2.37. The van der Waals surface area contributed by atoms with Gasteiger partial charge in [-0.3, -0.25) is 4.79 Å². The summed E-state index contributed by atoms with van der Waals surface area (Å²) in [6.45, 7) is 0.0960. The summed E-state index contributed by atoms with van der Waals surface area (Å²) in [6.07, 6.45) is 6.06. The van der Waals surface area contributed by atoms with Crippen molar-refractivity contribution < 1.29 is 14.3 Å². The number of aliphatic hydroxyl groups is 1. The molecule has 2 aromatic rings. The fourth-order valence-corrected chi connectivity index (χ4v) is 2.99. The van der Waals surface area contributed by atoms with E-state index in [0.29, 0.717) is 18.0 Å². The first kappa shape index (κ1) is 13.3. The summed E-state index contributed by atoms with van der Waals surface area (Å²) in [5.41, 5.74) is 1.30. The van der Waals surface area contributed by atoms with Crippen LogP contribution in [0.25, 0.3) is 10.6 Å². The highest BCUT2D eigenvalue weighted by Gasteiger charge is 2.32. The summed E-state index contributed by atoms with van der Waals surface area (Å²) >= 11 is 1.42. The molecule has 0 saturated heterocycles. The quantitative estimate of drug-likeness (QED) is 0.856. The maximum absolute atomic E-state index is 12.2. The Labute approximate surface area is 120 Å². The van der Waals surface area contributed by atoms with Crippen LogP contribution in [0.15, 0.2) is 28.4 Å². The van der Waals surface area contributed by atoms with Gasteiger partial charge in [-0.15, -0.1) is 11.3 Å². The summed E-state index contributed by atoms with van der Waals surface area (Å²) in [5, 5.41) is 14.6. The molecule has 1 atom stereocenters. The molecule has 0 spiro atoms. The summed E-state index contributed by atoms with van der Waals surface area (Å²) in [7, 11) is 0. The number of carbonyl (C=O) groups is 1. The Morgan fingerprint density at radius 3 is 3.10 bits per heavy atom. The van der Waals surface area contributed by atoms with Gasteiger partial charge in [-0.2, -0.15) is 0 Å². The molecule has 1 aliphatic rings. The second-order valence-electron chi connectivity index (χ2n) is 4.98. The number of nitrogens with one attached hydrogen (secondary N) is 1. The molecule has 2 N–H and O–H groups in total. The minimum absolute atomic E-state index is 0.0616. The molecule has 5 nitrogen and oxygen atoms in total. The Morgan fingerprint density at radius 1 is 1.60 bits per heavy atom. The highest BCUT2D eigenvalue weighted by atomic mass is 32.1. The number of rotatable bonds is 6. The zero-order valence-electron chi connectivity index (χ0n) is 10.9. The van der Waals surface area contributed by atoms with Gasteiger partial charge in [0.1, 0.15) is 17.0 Å².